The zero-order valence-electron chi connectivity index (χ0n) is 10.7. The second-order valence-corrected chi connectivity index (χ2v) is 5.10. The van der Waals surface area contributed by atoms with Crippen LogP contribution in [0.3, 0.4) is 0 Å². The average molecular weight is 264 g/mol. The molecule has 0 aliphatic carbocycles. The SMILES string of the molecule is C=CCSCCNCC(=O)Nc1ccc(C)cc1. The van der Waals surface area contributed by atoms with Gasteiger partial charge in [-0.2, -0.15) is 11.8 Å². The molecule has 1 aromatic carbocycles. The van der Waals surface area contributed by atoms with Crippen molar-refractivity contribution in [1.82, 2.24) is 5.32 Å². The van der Waals surface area contributed by atoms with Crippen molar-refractivity contribution in [2.75, 3.05) is 29.9 Å². The summed E-state index contributed by atoms with van der Waals surface area (Å²) >= 11 is 1.80. The van der Waals surface area contributed by atoms with Crippen LogP contribution in [0.1, 0.15) is 5.56 Å². The summed E-state index contributed by atoms with van der Waals surface area (Å²) in [5.74, 6) is 1.94. The van der Waals surface area contributed by atoms with Crippen molar-refractivity contribution in [2.45, 2.75) is 6.92 Å². The lowest BCUT2D eigenvalue weighted by molar-refractivity contribution is -0.115. The molecule has 98 valence electrons. The van der Waals surface area contributed by atoms with Gasteiger partial charge in [-0.1, -0.05) is 23.8 Å². The Morgan fingerprint density at radius 3 is 2.78 bits per heavy atom. The number of anilines is 1. The monoisotopic (exact) mass is 264 g/mol. The Morgan fingerprint density at radius 2 is 2.11 bits per heavy atom. The number of carbonyl (C=O) groups is 1. The molecule has 0 unspecified atom stereocenters. The molecule has 0 saturated carbocycles. The lowest BCUT2D eigenvalue weighted by Crippen LogP contribution is -2.29. The highest BCUT2D eigenvalue weighted by Crippen LogP contribution is 2.07. The molecule has 0 aliphatic rings. The summed E-state index contributed by atoms with van der Waals surface area (Å²) in [6, 6.07) is 7.78. The molecule has 0 aliphatic heterocycles. The van der Waals surface area contributed by atoms with E-state index in [1.54, 1.807) is 11.8 Å². The molecule has 1 rings (SSSR count). The van der Waals surface area contributed by atoms with Crippen LogP contribution in [0.5, 0.6) is 0 Å². The molecule has 0 radical (unpaired) electrons. The minimum atomic E-state index is -0.00688. The maximum Gasteiger partial charge on any atom is 0.238 e. The first-order chi connectivity index (χ1) is 8.72. The molecule has 1 amide bonds. The number of amides is 1. The van der Waals surface area contributed by atoms with E-state index in [2.05, 4.69) is 17.2 Å². The summed E-state index contributed by atoms with van der Waals surface area (Å²) in [6.45, 7) is 6.86. The normalized spacial score (nSPS) is 10.1. The predicted molar refractivity (Wildman–Crippen MR) is 80.2 cm³/mol. The number of benzene rings is 1. The second-order valence-electron chi connectivity index (χ2n) is 3.95. The van der Waals surface area contributed by atoms with Crippen LogP contribution in [0.2, 0.25) is 0 Å². The third-order valence-electron chi connectivity index (χ3n) is 2.28. The molecule has 4 heteroatoms. The fourth-order valence-electron chi connectivity index (χ4n) is 1.35. The van der Waals surface area contributed by atoms with Crippen molar-refractivity contribution >= 4 is 23.4 Å². The van der Waals surface area contributed by atoms with Gasteiger partial charge in [0, 0.05) is 23.7 Å². The maximum atomic E-state index is 11.6. The second kappa shape index (κ2) is 8.78. The summed E-state index contributed by atoms with van der Waals surface area (Å²) in [6.07, 6.45) is 1.88. The molecule has 0 fully saturated rings. The van der Waals surface area contributed by atoms with Crippen LogP contribution in [0, 0.1) is 6.92 Å². The molecule has 18 heavy (non-hydrogen) atoms. The van der Waals surface area contributed by atoms with E-state index < -0.39 is 0 Å². The Balaban J connectivity index is 2.14. The van der Waals surface area contributed by atoms with E-state index in [4.69, 9.17) is 0 Å². The summed E-state index contributed by atoms with van der Waals surface area (Å²) in [7, 11) is 0. The van der Waals surface area contributed by atoms with Gasteiger partial charge in [0.05, 0.1) is 6.54 Å². The molecule has 0 spiro atoms. The fraction of sp³-hybridized carbons (Fsp3) is 0.357. The smallest absolute Gasteiger partial charge is 0.238 e. The van der Waals surface area contributed by atoms with E-state index in [0.29, 0.717) is 6.54 Å². The Labute approximate surface area is 113 Å². The first-order valence-corrected chi connectivity index (χ1v) is 7.13. The summed E-state index contributed by atoms with van der Waals surface area (Å²) in [4.78, 5) is 11.6. The van der Waals surface area contributed by atoms with Gasteiger partial charge in [0.2, 0.25) is 5.91 Å². The van der Waals surface area contributed by atoms with E-state index in [-0.39, 0.29) is 5.91 Å². The molecule has 0 aromatic heterocycles. The third-order valence-corrected chi connectivity index (χ3v) is 3.24. The van der Waals surface area contributed by atoms with Crippen molar-refractivity contribution in [3.05, 3.63) is 42.5 Å². The van der Waals surface area contributed by atoms with E-state index in [1.807, 2.05) is 37.3 Å². The van der Waals surface area contributed by atoms with Crippen LogP contribution in [-0.2, 0) is 4.79 Å². The Bertz CT molecular complexity index is 376. The lowest BCUT2D eigenvalue weighted by Gasteiger charge is -2.06. The molecule has 0 bridgehead atoms. The number of thioether (sulfide) groups is 1. The highest BCUT2D eigenvalue weighted by molar-refractivity contribution is 7.99. The number of aryl methyl sites for hydroxylation is 1. The minimum absolute atomic E-state index is 0.00688. The quantitative estimate of drug-likeness (QED) is 0.560. The summed E-state index contributed by atoms with van der Waals surface area (Å²) < 4.78 is 0. The van der Waals surface area contributed by atoms with Crippen molar-refractivity contribution in [2.24, 2.45) is 0 Å². The number of nitrogens with one attached hydrogen (secondary N) is 2. The zero-order chi connectivity index (χ0) is 13.2. The molecule has 0 atom stereocenters. The summed E-state index contributed by atoms with van der Waals surface area (Å²) in [5, 5.41) is 5.96. The largest absolute Gasteiger partial charge is 0.325 e. The van der Waals surface area contributed by atoms with Gasteiger partial charge in [0.1, 0.15) is 0 Å². The van der Waals surface area contributed by atoms with Gasteiger partial charge in [0.15, 0.2) is 0 Å². The van der Waals surface area contributed by atoms with Crippen molar-refractivity contribution < 1.29 is 4.79 Å². The van der Waals surface area contributed by atoms with Gasteiger partial charge < -0.3 is 10.6 Å². The number of hydrogen-bond acceptors (Lipinski definition) is 3. The molecular formula is C14H20N2OS. The van der Waals surface area contributed by atoms with E-state index in [1.165, 1.54) is 5.56 Å². The molecule has 3 nitrogen and oxygen atoms in total. The van der Waals surface area contributed by atoms with Gasteiger partial charge in [-0.15, -0.1) is 6.58 Å². The van der Waals surface area contributed by atoms with E-state index in [9.17, 15) is 4.79 Å². The highest BCUT2D eigenvalue weighted by Gasteiger charge is 2.00. The molecule has 0 heterocycles. The standard InChI is InChI=1S/C14H20N2OS/c1-3-9-18-10-8-15-11-14(17)16-13-6-4-12(2)5-7-13/h3-7,15H,1,8-11H2,2H3,(H,16,17). The number of carbonyl (C=O) groups excluding carboxylic acids is 1. The third kappa shape index (κ3) is 6.47. The zero-order valence-corrected chi connectivity index (χ0v) is 11.6. The van der Waals surface area contributed by atoms with Gasteiger partial charge in [0.25, 0.3) is 0 Å². The maximum absolute atomic E-state index is 11.6. The van der Waals surface area contributed by atoms with E-state index in [0.717, 1.165) is 23.7 Å². The first-order valence-electron chi connectivity index (χ1n) is 5.98. The summed E-state index contributed by atoms with van der Waals surface area (Å²) in [5.41, 5.74) is 2.03. The molecule has 2 N–H and O–H groups in total. The predicted octanol–water partition coefficient (Wildman–Crippen LogP) is 2.44. The highest BCUT2D eigenvalue weighted by atomic mass is 32.2. The van der Waals surface area contributed by atoms with Crippen LogP contribution < -0.4 is 10.6 Å². The fourth-order valence-corrected chi connectivity index (χ4v) is 1.98. The first kappa shape index (κ1) is 14.8. The lowest BCUT2D eigenvalue weighted by atomic mass is 10.2. The minimum Gasteiger partial charge on any atom is -0.325 e. The van der Waals surface area contributed by atoms with Crippen LogP contribution in [-0.4, -0.2) is 30.5 Å². The van der Waals surface area contributed by atoms with Gasteiger partial charge in [-0.25, -0.2) is 0 Å². The molecule has 0 saturated heterocycles. The van der Waals surface area contributed by atoms with Crippen LogP contribution in [0.15, 0.2) is 36.9 Å². The Hall–Kier alpha value is -1.26. The van der Waals surface area contributed by atoms with Crippen LogP contribution >= 0.6 is 11.8 Å². The van der Waals surface area contributed by atoms with Gasteiger partial charge >= 0.3 is 0 Å². The van der Waals surface area contributed by atoms with Gasteiger partial charge in [-0.3, -0.25) is 4.79 Å². The van der Waals surface area contributed by atoms with Crippen molar-refractivity contribution in [1.29, 1.82) is 0 Å². The molecule has 1 aromatic rings. The van der Waals surface area contributed by atoms with Gasteiger partial charge in [-0.05, 0) is 19.1 Å². The molecular weight excluding hydrogens is 244 g/mol. The average Bonchev–Trinajstić information content (AvgIpc) is 2.36. The Kier molecular flexibility index (Phi) is 7.22. The van der Waals surface area contributed by atoms with Crippen molar-refractivity contribution in [3.8, 4) is 0 Å². The Morgan fingerprint density at radius 1 is 1.39 bits per heavy atom. The number of rotatable bonds is 8. The topological polar surface area (TPSA) is 41.1 Å². The van der Waals surface area contributed by atoms with Crippen LogP contribution in [0.4, 0.5) is 5.69 Å². The number of hydrogen-bond donors (Lipinski definition) is 2. The van der Waals surface area contributed by atoms with Crippen LogP contribution in [0.25, 0.3) is 0 Å². The van der Waals surface area contributed by atoms with E-state index >= 15 is 0 Å². The van der Waals surface area contributed by atoms with Crippen molar-refractivity contribution in [3.63, 3.8) is 0 Å².